The van der Waals surface area contributed by atoms with Crippen molar-refractivity contribution in [3.05, 3.63) is 34.0 Å². The molecule has 1 aliphatic rings. The number of aliphatic hydroxyl groups is 2. The van der Waals surface area contributed by atoms with Gasteiger partial charge in [0.1, 0.15) is 6.10 Å². The molecule has 0 saturated carbocycles. The van der Waals surface area contributed by atoms with Gasteiger partial charge in [-0.15, -0.1) is 11.3 Å². The van der Waals surface area contributed by atoms with Gasteiger partial charge in [0.15, 0.2) is 0 Å². The lowest BCUT2D eigenvalue weighted by Gasteiger charge is -2.31. The minimum absolute atomic E-state index is 0.0803. The average Bonchev–Trinajstić information content (AvgIpc) is 3.01. The van der Waals surface area contributed by atoms with E-state index in [2.05, 4.69) is 10.6 Å². The molecule has 3 unspecified atom stereocenters. The van der Waals surface area contributed by atoms with Crippen LogP contribution < -0.4 is 16.4 Å². The number of rotatable bonds is 6. The van der Waals surface area contributed by atoms with Gasteiger partial charge in [-0.05, 0) is 11.4 Å². The number of nitrogens with one attached hydrogen (secondary N) is 2. The van der Waals surface area contributed by atoms with E-state index in [1.165, 1.54) is 17.4 Å². The molecule has 8 nitrogen and oxygen atoms in total. The summed E-state index contributed by atoms with van der Waals surface area (Å²) < 4.78 is 0. The van der Waals surface area contributed by atoms with Crippen LogP contribution in [0.1, 0.15) is 11.3 Å². The predicted octanol–water partition coefficient (Wildman–Crippen LogP) is -1.57. The van der Waals surface area contributed by atoms with Crippen LogP contribution in [0, 0.1) is 0 Å². The molecule has 2 rings (SSSR count). The summed E-state index contributed by atoms with van der Waals surface area (Å²) in [4.78, 5) is 35.6. The maximum atomic E-state index is 12.0. The summed E-state index contributed by atoms with van der Waals surface area (Å²) in [5, 5.41) is 26.7. The summed E-state index contributed by atoms with van der Waals surface area (Å²) in [5.41, 5.74) is 5.14. The number of nitrogens with two attached hydrogens (primary N) is 1. The molecule has 9 heteroatoms. The second kappa shape index (κ2) is 8.04. The van der Waals surface area contributed by atoms with Crippen molar-refractivity contribution in [2.24, 2.45) is 5.73 Å². The van der Waals surface area contributed by atoms with E-state index in [4.69, 9.17) is 5.73 Å². The van der Waals surface area contributed by atoms with Crippen molar-refractivity contribution >= 4 is 29.1 Å². The van der Waals surface area contributed by atoms with Crippen molar-refractivity contribution in [1.82, 2.24) is 10.6 Å². The Labute approximate surface area is 142 Å². The Kier molecular flexibility index (Phi) is 6.07. The third-order valence-electron chi connectivity index (χ3n) is 3.53. The fourth-order valence-corrected chi connectivity index (χ4v) is 3.06. The zero-order valence-corrected chi connectivity index (χ0v) is 13.6. The SMILES string of the molecule is NC(=O)CNC(=O)C1=CC(NC(=O)Cc2cccs2)C(O)C(O)C1. The molecule has 0 fully saturated rings. The van der Waals surface area contributed by atoms with Crippen LogP contribution in [-0.2, 0) is 20.8 Å². The molecule has 0 saturated heterocycles. The lowest BCUT2D eigenvalue weighted by atomic mass is 9.90. The first kappa shape index (κ1) is 18.1. The molecule has 130 valence electrons. The van der Waals surface area contributed by atoms with Crippen molar-refractivity contribution in [3.63, 3.8) is 0 Å². The Morgan fingerprint density at radius 2 is 2.08 bits per heavy atom. The fourth-order valence-electron chi connectivity index (χ4n) is 2.35. The van der Waals surface area contributed by atoms with Gasteiger partial charge in [0.05, 0.1) is 25.1 Å². The Hall–Kier alpha value is -2.23. The van der Waals surface area contributed by atoms with Crippen molar-refractivity contribution < 1.29 is 24.6 Å². The maximum absolute atomic E-state index is 12.0. The number of amides is 3. The van der Waals surface area contributed by atoms with E-state index in [0.29, 0.717) is 0 Å². The van der Waals surface area contributed by atoms with Crippen molar-refractivity contribution in [3.8, 4) is 0 Å². The molecule has 1 heterocycles. The van der Waals surface area contributed by atoms with Gasteiger partial charge in [-0.3, -0.25) is 14.4 Å². The molecular formula is C15H19N3O5S. The molecule has 1 aromatic heterocycles. The molecule has 24 heavy (non-hydrogen) atoms. The highest BCUT2D eigenvalue weighted by atomic mass is 32.1. The molecule has 0 spiro atoms. The van der Waals surface area contributed by atoms with E-state index < -0.39 is 30.1 Å². The molecule has 0 bridgehead atoms. The number of hydrogen-bond acceptors (Lipinski definition) is 6. The van der Waals surface area contributed by atoms with E-state index in [-0.39, 0.29) is 30.9 Å². The average molecular weight is 353 g/mol. The number of hydrogen-bond donors (Lipinski definition) is 5. The second-order valence-corrected chi connectivity index (χ2v) is 6.48. The largest absolute Gasteiger partial charge is 0.390 e. The lowest BCUT2D eigenvalue weighted by molar-refractivity contribution is -0.124. The Morgan fingerprint density at radius 3 is 2.71 bits per heavy atom. The van der Waals surface area contributed by atoms with Crippen LogP contribution >= 0.6 is 11.3 Å². The quantitative estimate of drug-likeness (QED) is 0.420. The molecule has 0 aliphatic heterocycles. The van der Waals surface area contributed by atoms with Crippen LogP contribution in [-0.4, -0.2) is 52.7 Å². The van der Waals surface area contributed by atoms with Crippen molar-refractivity contribution in [1.29, 1.82) is 0 Å². The highest BCUT2D eigenvalue weighted by molar-refractivity contribution is 7.10. The molecular weight excluding hydrogens is 334 g/mol. The third-order valence-corrected chi connectivity index (χ3v) is 4.41. The van der Waals surface area contributed by atoms with E-state index in [0.717, 1.165) is 4.88 Å². The Bertz CT molecular complexity index is 644. The van der Waals surface area contributed by atoms with Crippen LogP contribution in [0.15, 0.2) is 29.2 Å². The highest BCUT2D eigenvalue weighted by Crippen LogP contribution is 2.20. The molecule has 6 N–H and O–H groups in total. The Morgan fingerprint density at radius 1 is 1.33 bits per heavy atom. The molecule has 0 radical (unpaired) electrons. The zero-order chi connectivity index (χ0) is 17.7. The standard InChI is InChI=1S/C15H19N3O5S/c16-12(20)7-17-15(23)8-4-10(14(22)11(19)5-8)18-13(21)6-9-2-1-3-24-9/h1-4,10-11,14,19,22H,5-7H2,(H2,16,20)(H,17,23)(H,18,21). The zero-order valence-electron chi connectivity index (χ0n) is 12.8. The van der Waals surface area contributed by atoms with Gasteiger partial charge in [-0.2, -0.15) is 0 Å². The minimum Gasteiger partial charge on any atom is -0.390 e. The first-order chi connectivity index (χ1) is 11.4. The normalized spacial score (nSPS) is 23.2. The molecule has 1 aromatic rings. The maximum Gasteiger partial charge on any atom is 0.247 e. The summed E-state index contributed by atoms with van der Waals surface area (Å²) in [6.45, 7) is -0.329. The Balaban J connectivity index is 2.02. The van der Waals surface area contributed by atoms with Crippen LogP contribution in [0.3, 0.4) is 0 Å². The summed E-state index contributed by atoms with van der Waals surface area (Å²) in [6.07, 6.45) is -0.960. The number of carbonyl (C=O) groups is 3. The van der Waals surface area contributed by atoms with Crippen LogP contribution in [0.25, 0.3) is 0 Å². The van der Waals surface area contributed by atoms with Crippen LogP contribution in [0.5, 0.6) is 0 Å². The van der Waals surface area contributed by atoms with Crippen molar-refractivity contribution in [2.75, 3.05) is 6.54 Å². The van der Waals surface area contributed by atoms with E-state index in [1.54, 1.807) is 0 Å². The number of carbonyl (C=O) groups excluding carboxylic acids is 3. The summed E-state index contributed by atoms with van der Waals surface area (Å²) >= 11 is 1.43. The van der Waals surface area contributed by atoms with E-state index in [9.17, 15) is 24.6 Å². The smallest absolute Gasteiger partial charge is 0.247 e. The lowest BCUT2D eigenvalue weighted by Crippen LogP contribution is -2.51. The second-order valence-electron chi connectivity index (χ2n) is 5.45. The van der Waals surface area contributed by atoms with Crippen LogP contribution in [0.2, 0.25) is 0 Å². The first-order valence-corrected chi connectivity index (χ1v) is 8.20. The fraction of sp³-hybridized carbons (Fsp3) is 0.400. The summed E-state index contributed by atoms with van der Waals surface area (Å²) in [5.74, 6) is -1.60. The number of primary amides is 1. The first-order valence-electron chi connectivity index (χ1n) is 7.32. The number of thiophene rings is 1. The summed E-state index contributed by atoms with van der Waals surface area (Å²) in [6, 6.07) is 2.75. The van der Waals surface area contributed by atoms with E-state index >= 15 is 0 Å². The molecule has 0 aromatic carbocycles. The highest BCUT2D eigenvalue weighted by Gasteiger charge is 2.33. The minimum atomic E-state index is -1.22. The number of aliphatic hydroxyl groups excluding tert-OH is 2. The van der Waals surface area contributed by atoms with Gasteiger partial charge < -0.3 is 26.6 Å². The van der Waals surface area contributed by atoms with Gasteiger partial charge in [0, 0.05) is 16.9 Å². The van der Waals surface area contributed by atoms with E-state index in [1.807, 2.05) is 17.5 Å². The van der Waals surface area contributed by atoms with Gasteiger partial charge in [-0.25, -0.2) is 0 Å². The molecule has 3 amide bonds. The van der Waals surface area contributed by atoms with Gasteiger partial charge in [-0.1, -0.05) is 12.1 Å². The predicted molar refractivity (Wildman–Crippen MR) is 86.9 cm³/mol. The van der Waals surface area contributed by atoms with Gasteiger partial charge >= 0.3 is 0 Å². The topological polar surface area (TPSA) is 142 Å². The monoisotopic (exact) mass is 353 g/mol. The van der Waals surface area contributed by atoms with Crippen molar-refractivity contribution in [2.45, 2.75) is 31.1 Å². The third kappa shape index (κ3) is 4.88. The van der Waals surface area contributed by atoms with Gasteiger partial charge in [0.2, 0.25) is 17.7 Å². The molecule has 1 aliphatic carbocycles. The molecule has 3 atom stereocenters. The van der Waals surface area contributed by atoms with Gasteiger partial charge in [0.25, 0.3) is 0 Å². The van der Waals surface area contributed by atoms with Crippen LogP contribution in [0.4, 0.5) is 0 Å². The summed E-state index contributed by atoms with van der Waals surface area (Å²) in [7, 11) is 0.